The van der Waals surface area contributed by atoms with Crippen LogP contribution in [-0.4, -0.2) is 44.6 Å². The van der Waals surface area contributed by atoms with Gasteiger partial charge in [-0.05, 0) is 32.3 Å². The Kier molecular flexibility index (Phi) is 3.19. The Balaban J connectivity index is 2.26. The molecular weight excluding hydrogens is 218 g/mol. The third-order valence-corrected chi connectivity index (χ3v) is 2.70. The minimum absolute atomic E-state index is 0.0232. The molecule has 1 heterocycles. The maximum absolute atomic E-state index is 11.8. The molecule has 92 valence electrons. The molecule has 1 aliphatic heterocycles. The van der Waals surface area contributed by atoms with Crippen molar-refractivity contribution < 1.29 is 9.53 Å². The molecule has 0 saturated heterocycles. The van der Waals surface area contributed by atoms with Crippen LogP contribution in [-0.2, 0) is 4.79 Å². The van der Waals surface area contributed by atoms with Crippen LogP contribution in [0.1, 0.15) is 0 Å². The van der Waals surface area contributed by atoms with Gasteiger partial charge in [-0.1, -0.05) is 0 Å². The Bertz CT molecular complexity index is 432. The number of ether oxygens (including phenoxy) is 1. The molecule has 1 aromatic rings. The van der Waals surface area contributed by atoms with Gasteiger partial charge in [0.1, 0.15) is 5.75 Å². The van der Waals surface area contributed by atoms with Gasteiger partial charge in [0.05, 0.1) is 5.69 Å². The fourth-order valence-electron chi connectivity index (χ4n) is 1.76. The van der Waals surface area contributed by atoms with E-state index in [0.717, 1.165) is 18.0 Å². The Morgan fingerprint density at radius 1 is 1.47 bits per heavy atom. The number of nitrogen functional groups attached to an aromatic ring is 1. The van der Waals surface area contributed by atoms with Crippen LogP contribution >= 0.6 is 0 Å². The van der Waals surface area contributed by atoms with Crippen LogP contribution in [0.2, 0.25) is 0 Å². The van der Waals surface area contributed by atoms with Gasteiger partial charge in [-0.25, -0.2) is 0 Å². The summed E-state index contributed by atoms with van der Waals surface area (Å²) < 4.78 is 5.37. The number of anilines is 2. The standard InChI is InChI=1S/C12H17N3O2/c1-14(2)5-6-15-10-7-9(13)3-4-11(10)17-8-12(15)16/h3-4,7H,5-6,8,13H2,1-2H3. The van der Waals surface area contributed by atoms with E-state index in [1.54, 1.807) is 23.1 Å². The van der Waals surface area contributed by atoms with Gasteiger partial charge in [-0.15, -0.1) is 0 Å². The Labute approximate surface area is 101 Å². The number of carbonyl (C=O) groups excluding carboxylic acids is 1. The monoisotopic (exact) mass is 235 g/mol. The van der Waals surface area contributed by atoms with Gasteiger partial charge >= 0.3 is 0 Å². The van der Waals surface area contributed by atoms with Gasteiger partial charge in [0.25, 0.3) is 5.91 Å². The first-order chi connectivity index (χ1) is 8.08. The molecule has 17 heavy (non-hydrogen) atoms. The molecule has 2 N–H and O–H groups in total. The van der Waals surface area contributed by atoms with Crippen LogP contribution in [0, 0.1) is 0 Å². The molecule has 5 nitrogen and oxygen atoms in total. The number of carbonyl (C=O) groups is 1. The topological polar surface area (TPSA) is 58.8 Å². The third kappa shape index (κ3) is 2.50. The van der Waals surface area contributed by atoms with Gasteiger partial charge in [-0.3, -0.25) is 4.79 Å². The van der Waals surface area contributed by atoms with E-state index in [4.69, 9.17) is 10.5 Å². The molecule has 0 spiro atoms. The first-order valence-corrected chi connectivity index (χ1v) is 5.55. The molecule has 0 radical (unpaired) electrons. The number of hydrogen-bond donors (Lipinski definition) is 1. The lowest BCUT2D eigenvalue weighted by Crippen LogP contribution is -2.42. The van der Waals surface area contributed by atoms with Gasteiger partial charge in [0, 0.05) is 18.8 Å². The third-order valence-electron chi connectivity index (χ3n) is 2.70. The normalized spacial score (nSPS) is 14.8. The van der Waals surface area contributed by atoms with Crippen molar-refractivity contribution in [3.05, 3.63) is 18.2 Å². The molecule has 0 aliphatic carbocycles. The summed E-state index contributed by atoms with van der Waals surface area (Å²) in [5, 5.41) is 0. The predicted molar refractivity (Wildman–Crippen MR) is 67.3 cm³/mol. The summed E-state index contributed by atoms with van der Waals surface area (Å²) in [6.07, 6.45) is 0. The van der Waals surface area contributed by atoms with Crippen LogP contribution in [0.25, 0.3) is 0 Å². The summed E-state index contributed by atoms with van der Waals surface area (Å²) in [6.45, 7) is 1.55. The van der Waals surface area contributed by atoms with Gasteiger partial charge in [0.2, 0.25) is 0 Å². The SMILES string of the molecule is CN(C)CCN1C(=O)COc2ccc(N)cc21. The van der Waals surface area contributed by atoms with Crippen LogP contribution in [0.15, 0.2) is 18.2 Å². The summed E-state index contributed by atoms with van der Waals surface area (Å²) in [6, 6.07) is 5.36. The Hall–Kier alpha value is -1.75. The molecule has 1 aromatic carbocycles. The lowest BCUT2D eigenvalue weighted by atomic mass is 10.2. The van der Waals surface area contributed by atoms with Crippen LogP contribution in [0.3, 0.4) is 0 Å². The first kappa shape index (κ1) is 11.7. The van der Waals surface area contributed by atoms with Crippen molar-refractivity contribution in [1.82, 2.24) is 4.90 Å². The Morgan fingerprint density at radius 2 is 2.24 bits per heavy atom. The van der Waals surface area contributed by atoms with E-state index >= 15 is 0 Å². The zero-order chi connectivity index (χ0) is 12.4. The zero-order valence-electron chi connectivity index (χ0n) is 10.1. The highest BCUT2D eigenvalue weighted by molar-refractivity contribution is 5.98. The second-order valence-corrected chi connectivity index (χ2v) is 4.36. The van der Waals surface area contributed by atoms with Crippen molar-refractivity contribution in [2.75, 3.05) is 44.4 Å². The highest BCUT2D eigenvalue weighted by Gasteiger charge is 2.25. The second-order valence-electron chi connectivity index (χ2n) is 4.36. The van der Waals surface area contributed by atoms with E-state index < -0.39 is 0 Å². The lowest BCUT2D eigenvalue weighted by molar-refractivity contribution is -0.121. The molecule has 0 aromatic heterocycles. The van der Waals surface area contributed by atoms with Gasteiger partial charge in [-0.2, -0.15) is 0 Å². The van der Waals surface area contributed by atoms with Crippen LogP contribution < -0.4 is 15.4 Å². The van der Waals surface area contributed by atoms with Gasteiger partial charge < -0.3 is 20.3 Å². The number of benzene rings is 1. The molecule has 0 atom stereocenters. The maximum atomic E-state index is 11.8. The minimum atomic E-state index is -0.0232. The Morgan fingerprint density at radius 3 is 2.94 bits per heavy atom. The largest absolute Gasteiger partial charge is 0.482 e. The van der Waals surface area contributed by atoms with Crippen LogP contribution in [0.4, 0.5) is 11.4 Å². The molecule has 5 heteroatoms. The van der Waals surface area contributed by atoms with Crippen molar-refractivity contribution in [3.8, 4) is 5.75 Å². The number of hydrogen-bond acceptors (Lipinski definition) is 4. The first-order valence-electron chi connectivity index (χ1n) is 5.55. The van der Waals surface area contributed by atoms with Crippen molar-refractivity contribution >= 4 is 17.3 Å². The second kappa shape index (κ2) is 4.63. The van der Waals surface area contributed by atoms with E-state index in [1.165, 1.54) is 0 Å². The highest BCUT2D eigenvalue weighted by atomic mass is 16.5. The number of nitrogens with two attached hydrogens (primary N) is 1. The molecule has 1 amide bonds. The van der Waals surface area contributed by atoms with E-state index in [0.29, 0.717) is 12.2 Å². The molecule has 2 rings (SSSR count). The molecule has 1 aliphatic rings. The summed E-state index contributed by atoms with van der Waals surface area (Å²) in [5.41, 5.74) is 7.14. The average molecular weight is 235 g/mol. The number of nitrogens with zero attached hydrogens (tertiary/aromatic N) is 2. The summed E-state index contributed by atoms with van der Waals surface area (Å²) in [7, 11) is 3.95. The fraction of sp³-hybridized carbons (Fsp3) is 0.417. The molecule has 0 unspecified atom stereocenters. The quantitative estimate of drug-likeness (QED) is 0.778. The predicted octanol–water partition coefficient (Wildman–Crippen LogP) is 0.556. The number of likely N-dealkylation sites (N-methyl/N-ethyl adjacent to an activating group) is 1. The van der Waals surface area contributed by atoms with E-state index in [9.17, 15) is 4.79 Å². The lowest BCUT2D eigenvalue weighted by Gasteiger charge is -2.30. The molecule has 0 fully saturated rings. The van der Waals surface area contributed by atoms with E-state index in [2.05, 4.69) is 0 Å². The molecule has 0 saturated carbocycles. The van der Waals surface area contributed by atoms with Crippen molar-refractivity contribution in [2.45, 2.75) is 0 Å². The summed E-state index contributed by atoms with van der Waals surface area (Å²) in [4.78, 5) is 15.6. The van der Waals surface area contributed by atoms with Gasteiger partial charge in [0.15, 0.2) is 6.61 Å². The minimum Gasteiger partial charge on any atom is -0.482 e. The van der Waals surface area contributed by atoms with Crippen molar-refractivity contribution in [1.29, 1.82) is 0 Å². The molecule has 0 bridgehead atoms. The maximum Gasteiger partial charge on any atom is 0.265 e. The smallest absolute Gasteiger partial charge is 0.265 e. The molecular formula is C12H17N3O2. The number of amides is 1. The van der Waals surface area contributed by atoms with Crippen LogP contribution in [0.5, 0.6) is 5.75 Å². The summed E-state index contributed by atoms with van der Waals surface area (Å²) >= 11 is 0. The van der Waals surface area contributed by atoms with E-state index in [1.807, 2.05) is 19.0 Å². The number of fused-ring (bicyclic) bond motifs is 1. The zero-order valence-corrected chi connectivity index (χ0v) is 10.1. The average Bonchev–Trinajstić information content (AvgIpc) is 2.27. The summed E-state index contributed by atoms with van der Waals surface area (Å²) in [5.74, 6) is 0.697. The van der Waals surface area contributed by atoms with Crippen molar-refractivity contribution in [3.63, 3.8) is 0 Å². The fourth-order valence-corrected chi connectivity index (χ4v) is 1.76. The number of rotatable bonds is 3. The van der Waals surface area contributed by atoms with Crippen molar-refractivity contribution in [2.24, 2.45) is 0 Å². The highest BCUT2D eigenvalue weighted by Crippen LogP contribution is 2.33. The van der Waals surface area contributed by atoms with E-state index in [-0.39, 0.29) is 12.5 Å².